The molecule has 1 amide bonds. The molecule has 0 aliphatic carbocycles. The normalized spacial score (nSPS) is 12.2. The van der Waals surface area contributed by atoms with Gasteiger partial charge in [-0.2, -0.15) is 5.26 Å². The molecule has 0 fully saturated rings. The van der Waals surface area contributed by atoms with Crippen molar-refractivity contribution in [2.24, 2.45) is 5.92 Å². The van der Waals surface area contributed by atoms with Gasteiger partial charge < -0.3 is 10.2 Å². The predicted octanol–water partition coefficient (Wildman–Crippen LogP) is 0.604. The first-order valence-electron chi connectivity index (χ1n) is 4.91. The third-order valence-electron chi connectivity index (χ3n) is 1.99. The van der Waals surface area contributed by atoms with E-state index in [1.165, 1.54) is 0 Å². The number of carbonyl (C=O) groups excluding carboxylic acids is 1. The summed E-state index contributed by atoms with van der Waals surface area (Å²) in [5, 5.41) is 11.4. The standard InChI is InChI=1S/C10H19N3O/c1-4-9(8-11)7-10(14)12-5-6-13(2)3/h9H,4-7H2,1-3H3,(H,12,14). The maximum Gasteiger partial charge on any atom is 0.221 e. The van der Waals surface area contributed by atoms with Crippen LogP contribution in [0.25, 0.3) is 0 Å². The molecule has 4 heteroatoms. The fourth-order valence-corrected chi connectivity index (χ4v) is 0.996. The summed E-state index contributed by atoms with van der Waals surface area (Å²) in [6.45, 7) is 3.39. The van der Waals surface area contributed by atoms with Crippen LogP contribution in [0.1, 0.15) is 19.8 Å². The van der Waals surface area contributed by atoms with Crippen LogP contribution < -0.4 is 5.32 Å². The molecule has 0 aromatic heterocycles. The molecule has 0 heterocycles. The Bertz CT molecular complexity index is 208. The summed E-state index contributed by atoms with van der Waals surface area (Å²) in [7, 11) is 3.91. The average Bonchev–Trinajstić information content (AvgIpc) is 2.13. The van der Waals surface area contributed by atoms with E-state index in [0.29, 0.717) is 13.0 Å². The molecule has 14 heavy (non-hydrogen) atoms. The number of nitrogens with one attached hydrogen (secondary N) is 1. The molecule has 0 rings (SSSR count). The van der Waals surface area contributed by atoms with E-state index >= 15 is 0 Å². The van der Waals surface area contributed by atoms with Gasteiger partial charge in [0.2, 0.25) is 5.91 Å². The van der Waals surface area contributed by atoms with Crippen LogP contribution in [0.4, 0.5) is 0 Å². The molecule has 1 atom stereocenters. The lowest BCUT2D eigenvalue weighted by molar-refractivity contribution is -0.121. The van der Waals surface area contributed by atoms with Gasteiger partial charge in [-0.25, -0.2) is 0 Å². The Morgan fingerprint density at radius 3 is 2.64 bits per heavy atom. The second-order valence-corrected chi connectivity index (χ2v) is 3.59. The number of hydrogen-bond donors (Lipinski definition) is 1. The third kappa shape index (κ3) is 6.44. The van der Waals surface area contributed by atoms with E-state index in [1.807, 2.05) is 25.9 Å². The van der Waals surface area contributed by atoms with Crippen LogP contribution in [0.2, 0.25) is 0 Å². The lowest BCUT2D eigenvalue weighted by Crippen LogP contribution is -2.32. The Labute approximate surface area is 85.9 Å². The van der Waals surface area contributed by atoms with Gasteiger partial charge in [0.05, 0.1) is 12.0 Å². The van der Waals surface area contributed by atoms with Crippen LogP contribution in [0.5, 0.6) is 0 Å². The maximum absolute atomic E-state index is 11.3. The number of amides is 1. The lowest BCUT2D eigenvalue weighted by atomic mass is 10.0. The zero-order valence-electron chi connectivity index (χ0n) is 9.21. The summed E-state index contributed by atoms with van der Waals surface area (Å²) in [6, 6.07) is 2.11. The number of nitrogens with zero attached hydrogens (tertiary/aromatic N) is 2. The van der Waals surface area contributed by atoms with Crippen LogP contribution >= 0.6 is 0 Å². The molecular weight excluding hydrogens is 178 g/mol. The fraction of sp³-hybridized carbons (Fsp3) is 0.800. The first-order chi connectivity index (χ1) is 6.60. The maximum atomic E-state index is 11.3. The Morgan fingerprint density at radius 2 is 2.21 bits per heavy atom. The van der Waals surface area contributed by atoms with Gasteiger partial charge in [-0.3, -0.25) is 4.79 Å². The molecule has 1 unspecified atom stereocenters. The van der Waals surface area contributed by atoms with E-state index in [9.17, 15) is 4.79 Å². The van der Waals surface area contributed by atoms with E-state index in [-0.39, 0.29) is 11.8 Å². The molecule has 0 aliphatic rings. The molecule has 0 aliphatic heterocycles. The van der Waals surface area contributed by atoms with E-state index in [4.69, 9.17) is 5.26 Å². The lowest BCUT2D eigenvalue weighted by Gasteiger charge is -2.11. The van der Waals surface area contributed by atoms with Gasteiger partial charge in [0.1, 0.15) is 0 Å². The van der Waals surface area contributed by atoms with Crippen LogP contribution in [0.3, 0.4) is 0 Å². The van der Waals surface area contributed by atoms with Crippen molar-refractivity contribution in [1.29, 1.82) is 5.26 Å². The second kappa shape index (κ2) is 7.34. The van der Waals surface area contributed by atoms with Gasteiger partial charge in [-0.05, 0) is 20.5 Å². The summed E-state index contributed by atoms with van der Waals surface area (Å²) in [5.74, 6) is -0.172. The number of carbonyl (C=O) groups is 1. The zero-order chi connectivity index (χ0) is 11.0. The monoisotopic (exact) mass is 197 g/mol. The van der Waals surface area contributed by atoms with E-state index < -0.39 is 0 Å². The molecule has 0 aromatic carbocycles. The van der Waals surface area contributed by atoms with E-state index in [1.54, 1.807) is 0 Å². The summed E-state index contributed by atoms with van der Waals surface area (Å²) in [6.07, 6.45) is 1.05. The van der Waals surface area contributed by atoms with Gasteiger partial charge in [-0.15, -0.1) is 0 Å². The minimum absolute atomic E-state index is 0.0275. The quantitative estimate of drug-likeness (QED) is 0.678. The first-order valence-corrected chi connectivity index (χ1v) is 4.91. The zero-order valence-corrected chi connectivity index (χ0v) is 9.21. The third-order valence-corrected chi connectivity index (χ3v) is 1.99. The largest absolute Gasteiger partial charge is 0.355 e. The molecule has 0 spiro atoms. The first kappa shape index (κ1) is 12.9. The van der Waals surface area contributed by atoms with Crippen molar-refractivity contribution in [3.8, 4) is 6.07 Å². The topological polar surface area (TPSA) is 56.1 Å². The highest BCUT2D eigenvalue weighted by Gasteiger charge is 2.10. The molecule has 0 saturated heterocycles. The van der Waals surface area contributed by atoms with Crippen LogP contribution in [-0.4, -0.2) is 38.0 Å². The minimum Gasteiger partial charge on any atom is -0.355 e. The highest BCUT2D eigenvalue weighted by atomic mass is 16.1. The van der Waals surface area contributed by atoms with Crippen LogP contribution in [-0.2, 0) is 4.79 Å². The van der Waals surface area contributed by atoms with Gasteiger partial charge in [0.25, 0.3) is 0 Å². The highest BCUT2D eigenvalue weighted by Crippen LogP contribution is 2.05. The predicted molar refractivity (Wildman–Crippen MR) is 55.6 cm³/mol. The van der Waals surface area contributed by atoms with Crippen molar-refractivity contribution in [2.45, 2.75) is 19.8 Å². The Morgan fingerprint density at radius 1 is 1.57 bits per heavy atom. The van der Waals surface area contributed by atoms with Crippen molar-refractivity contribution < 1.29 is 4.79 Å². The number of hydrogen-bond acceptors (Lipinski definition) is 3. The molecule has 0 radical (unpaired) electrons. The Hall–Kier alpha value is -1.08. The summed E-state index contributed by atoms with van der Waals surface area (Å²) >= 11 is 0. The van der Waals surface area contributed by atoms with Gasteiger partial charge in [0.15, 0.2) is 0 Å². The van der Waals surface area contributed by atoms with E-state index in [2.05, 4.69) is 11.4 Å². The number of nitriles is 1. The summed E-state index contributed by atoms with van der Waals surface area (Å²) < 4.78 is 0. The fourth-order valence-electron chi connectivity index (χ4n) is 0.996. The minimum atomic E-state index is -0.144. The van der Waals surface area contributed by atoms with Crippen molar-refractivity contribution in [2.75, 3.05) is 27.2 Å². The van der Waals surface area contributed by atoms with Gasteiger partial charge >= 0.3 is 0 Å². The Kier molecular flexibility index (Phi) is 6.77. The van der Waals surface area contributed by atoms with Crippen molar-refractivity contribution in [3.63, 3.8) is 0 Å². The number of rotatable bonds is 6. The van der Waals surface area contributed by atoms with Crippen molar-refractivity contribution in [1.82, 2.24) is 10.2 Å². The molecular formula is C10H19N3O. The van der Waals surface area contributed by atoms with Crippen LogP contribution in [0, 0.1) is 17.2 Å². The second-order valence-electron chi connectivity index (χ2n) is 3.59. The Balaban J connectivity index is 3.60. The van der Waals surface area contributed by atoms with Gasteiger partial charge in [0, 0.05) is 19.5 Å². The summed E-state index contributed by atoms with van der Waals surface area (Å²) in [5.41, 5.74) is 0. The molecule has 4 nitrogen and oxygen atoms in total. The van der Waals surface area contributed by atoms with Crippen LogP contribution in [0.15, 0.2) is 0 Å². The molecule has 0 bridgehead atoms. The average molecular weight is 197 g/mol. The molecule has 0 saturated carbocycles. The molecule has 80 valence electrons. The van der Waals surface area contributed by atoms with E-state index in [0.717, 1.165) is 13.0 Å². The van der Waals surface area contributed by atoms with Crippen molar-refractivity contribution in [3.05, 3.63) is 0 Å². The summed E-state index contributed by atoms with van der Waals surface area (Å²) in [4.78, 5) is 13.3. The SMILES string of the molecule is CCC(C#N)CC(=O)NCCN(C)C. The molecule has 0 aromatic rings. The smallest absolute Gasteiger partial charge is 0.221 e. The number of likely N-dealkylation sites (N-methyl/N-ethyl adjacent to an activating group) is 1. The highest BCUT2D eigenvalue weighted by molar-refractivity contribution is 5.76. The van der Waals surface area contributed by atoms with Gasteiger partial charge in [-0.1, -0.05) is 6.92 Å². The van der Waals surface area contributed by atoms with Crippen molar-refractivity contribution >= 4 is 5.91 Å². The molecule has 1 N–H and O–H groups in total.